The predicted octanol–water partition coefficient (Wildman–Crippen LogP) is 4.25. The van der Waals surface area contributed by atoms with Crippen molar-refractivity contribution in [1.29, 1.82) is 0 Å². The Kier molecular flexibility index (Phi) is 4.44. The number of rotatable bonds is 2. The normalized spacial score (nSPS) is 11.8. The summed E-state index contributed by atoms with van der Waals surface area (Å²) >= 11 is 1.45. The van der Waals surface area contributed by atoms with Crippen molar-refractivity contribution < 1.29 is 9.18 Å². The van der Waals surface area contributed by atoms with Crippen LogP contribution in [0, 0.1) is 19.7 Å². The van der Waals surface area contributed by atoms with Crippen LogP contribution in [0.25, 0.3) is 11.3 Å². The molecule has 0 bridgehead atoms. The van der Waals surface area contributed by atoms with Gasteiger partial charge in [-0.25, -0.2) is 4.39 Å². The van der Waals surface area contributed by atoms with Crippen molar-refractivity contribution in [2.75, 3.05) is 0 Å². The van der Waals surface area contributed by atoms with E-state index in [-0.39, 0.29) is 11.7 Å². The summed E-state index contributed by atoms with van der Waals surface area (Å²) in [5.41, 5.74) is 3.44. The van der Waals surface area contributed by atoms with Crippen LogP contribution in [-0.2, 0) is 7.05 Å². The van der Waals surface area contributed by atoms with Gasteiger partial charge in [-0.05, 0) is 55.8 Å². The first kappa shape index (κ1) is 16.3. The molecule has 1 amide bonds. The predicted molar refractivity (Wildman–Crippen MR) is 94.5 cm³/mol. The minimum atomic E-state index is -0.270. The Morgan fingerprint density at radius 3 is 2.50 bits per heavy atom. The van der Waals surface area contributed by atoms with Crippen LogP contribution in [0.1, 0.15) is 20.8 Å². The molecule has 0 aliphatic rings. The SMILES string of the molecule is Cc1cccc(C(=O)N=c2sc(C)c(-c3ccc(F)cc3)n2C)c1. The summed E-state index contributed by atoms with van der Waals surface area (Å²) in [5.74, 6) is -0.532. The van der Waals surface area contributed by atoms with E-state index in [4.69, 9.17) is 0 Å². The average Bonchev–Trinajstić information content (AvgIpc) is 2.82. The van der Waals surface area contributed by atoms with Gasteiger partial charge >= 0.3 is 0 Å². The first-order valence-corrected chi connectivity index (χ1v) is 8.35. The third kappa shape index (κ3) is 3.21. The Labute approximate surface area is 143 Å². The summed E-state index contributed by atoms with van der Waals surface area (Å²) in [6.07, 6.45) is 0. The van der Waals surface area contributed by atoms with Gasteiger partial charge in [-0.1, -0.05) is 17.7 Å². The second kappa shape index (κ2) is 6.53. The zero-order valence-corrected chi connectivity index (χ0v) is 14.5. The molecule has 0 saturated heterocycles. The number of halogens is 1. The lowest BCUT2D eigenvalue weighted by atomic mass is 10.1. The number of aryl methyl sites for hydroxylation is 2. The summed E-state index contributed by atoms with van der Waals surface area (Å²) in [7, 11) is 1.87. The minimum absolute atomic E-state index is 0.263. The van der Waals surface area contributed by atoms with E-state index in [2.05, 4.69) is 4.99 Å². The highest BCUT2D eigenvalue weighted by Crippen LogP contribution is 2.24. The zero-order chi connectivity index (χ0) is 17.3. The second-order valence-electron chi connectivity index (χ2n) is 5.64. The maximum absolute atomic E-state index is 13.1. The smallest absolute Gasteiger partial charge is 0.279 e. The van der Waals surface area contributed by atoms with Gasteiger partial charge in [0.05, 0.1) is 5.69 Å². The van der Waals surface area contributed by atoms with Gasteiger partial charge in [-0.2, -0.15) is 4.99 Å². The Morgan fingerprint density at radius 2 is 1.83 bits per heavy atom. The number of hydrogen-bond acceptors (Lipinski definition) is 2. The number of nitrogens with zero attached hydrogens (tertiary/aromatic N) is 2. The molecule has 0 radical (unpaired) electrons. The Hall–Kier alpha value is -2.53. The number of benzene rings is 2. The summed E-state index contributed by atoms with van der Waals surface area (Å²) < 4.78 is 15.0. The van der Waals surface area contributed by atoms with Gasteiger partial charge < -0.3 is 4.57 Å². The van der Waals surface area contributed by atoms with E-state index in [1.54, 1.807) is 18.2 Å². The molecule has 0 N–H and O–H groups in total. The van der Waals surface area contributed by atoms with Crippen LogP contribution in [0.15, 0.2) is 53.5 Å². The molecular formula is C19H17FN2OS. The molecule has 3 aromatic rings. The molecule has 24 heavy (non-hydrogen) atoms. The van der Waals surface area contributed by atoms with Crippen molar-refractivity contribution in [3.8, 4) is 11.3 Å². The van der Waals surface area contributed by atoms with Crippen LogP contribution >= 0.6 is 11.3 Å². The number of amides is 1. The largest absolute Gasteiger partial charge is 0.319 e. The minimum Gasteiger partial charge on any atom is -0.319 e. The fourth-order valence-electron chi connectivity index (χ4n) is 2.62. The van der Waals surface area contributed by atoms with Gasteiger partial charge in [-0.3, -0.25) is 4.79 Å². The van der Waals surface area contributed by atoms with Gasteiger partial charge in [-0.15, -0.1) is 11.3 Å². The van der Waals surface area contributed by atoms with Crippen LogP contribution in [0.5, 0.6) is 0 Å². The lowest BCUT2D eigenvalue weighted by Crippen LogP contribution is -2.14. The first-order valence-electron chi connectivity index (χ1n) is 7.54. The average molecular weight is 340 g/mol. The quantitative estimate of drug-likeness (QED) is 0.687. The van der Waals surface area contributed by atoms with E-state index < -0.39 is 0 Å². The number of hydrogen-bond donors (Lipinski definition) is 0. The van der Waals surface area contributed by atoms with Crippen LogP contribution in [-0.4, -0.2) is 10.5 Å². The highest BCUT2D eigenvalue weighted by molar-refractivity contribution is 7.09. The van der Waals surface area contributed by atoms with Gasteiger partial charge in [0.25, 0.3) is 5.91 Å². The number of thiazole rings is 1. The molecule has 0 fully saturated rings. The molecule has 3 nitrogen and oxygen atoms in total. The highest BCUT2D eigenvalue weighted by Gasteiger charge is 2.12. The molecular weight excluding hydrogens is 323 g/mol. The number of carbonyl (C=O) groups excluding carboxylic acids is 1. The third-order valence-corrected chi connectivity index (χ3v) is 4.83. The van der Waals surface area contributed by atoms with Crippen molar-refractivity contribution in [3.05, 3.63) is 75.2 Å². The summed E-state index contributed by atoms with van der Waals surface area (Å²) in [4.78, 5) is 18.3. The molecule has 0 atom stereocenters. The van der Waals surface area contributed by atoms with E-state index in [0.717, 1.165) is 21.7 Å². The van der Waals surface area contributed by atoms with Crippen LogP contribution < -0.4 is 4.80 Å². The number of aromatic nitrogens is 1. The number of carbonyl (C=O) groups is 1. The molecule has 5 heteroatoms. The topological polar surface area (TPSA) is 34.4 Å². The molecule has 122 valence electrons. The van der Waals surface area contributed by atoms with Crippen molar-refractivity contribution in [2.45, 2.75) is 13.8 Å². The fourth-order valence-corrected chi connectivity index (χ4v) is 3.60. The highest BCUT2D eigenvalue weighted by atomic mass is 32.1. The zero-order valence-electron chi connectivity index (χ0n) is 13.7. The third-order valence-electron chi connectivity index (χ3n) is 3.78. The van der Waals surface area contributed by atoms with Crippen molar-refractivity contribution >= 4 is 17.2 Å². The van der Waals surface area contributed by atoms with Crippen LogP contribution in [0.4, 0.5) is 4.39 Å². The summed E-state index contributed by atoms with van der Waals surface area (Å²) in [6.45, 7) is 3.91. The molecule has 0 aliphatic heterocycles. The standard InChI is InChI=1S/C19H17FN2OS/c1-12-5-4-6-15(11-12)18(23)21-19-22(3)17(13(2)24-19)14-7-9-16(20)10-8-14/h4-11H,1-3H3. The van der Waals surface area contributed by atoms with E-state index in [9.17, 15) is 9.18 Å². The molecule has 0 spiro atoms. The Morgan fingerprint density at radius 1 is 1.12 bits per heavy atom. The van der Waals surface area contributed by atoms with Crippen LogP contribution in [0.2, 0.25) is 0 Å². The monoisotopic (exact) mass is 340 g/mol. The summed E-state index contributed by atoms with van der Waals surface area (Å²) in [5, 5.41) is 0. The van der Waals surface area contributed by atoms with Gasteiger partial charge in [0.1, 0.15) is 5.82 Å². The summed E-state index contributed by atoms with van der Waals surface area (Å²) in [6, 6.07) is 13.7. The van der Waals surface area contributed by atoms with E-state index in [0.29, 0.717) is 10.4 Å². The Balaban J connectivity index is 2.05. The van der Waals surface area contributed by atoms with Gasteiger partial charge in [0.2, 0.25) is 0 Å². The molecule has 0 unspecified atom stereocenters. The maximum Gasteiger partial charge on any atom is 0.279 e. The lowest BCUT2D eigenvalue weighted by Gasteiger charge is -2.04. The first-order chi connectivity index (χ1) is 11.5. The van der Waals surface area contributed by atoms with Crippen molar-refractivity contribution in [1.82, 2.24) is 4.57 Å². The lowest BCUT2D eigenvalue weighted by molar-refractivity contribution is 0.0998. The molecule has 2 aromatic carbocycles. The molecule has 1 aromatic heterocycles. The molecule has 3 rings (SSSR count). The van der Waals surface area contributed by atoms with Crippen molar-refractivity contribution in [3.63, 3.8) is 0 Å². The van der Waals surface area contributed by atoms with Crippen molar-refractivity contribution in [2.24, 2.45) is 12.0 Å². The van der Waals surface area contributed by atoms with Gasteiger partial charge in [0, 0.05) is 17.5 Å². The molecule has 0 saturated carbocycles. The van der Waals surface area contributed by atoms with E-state index >= 15 is 0 Å². The maximum atomic E-state index is 13.1. The molecule has 0 aliphatic carbocycles. The molecule has 1 heterocycles. The van der Waals surface area contributed by atoms with E-state index in [1.165, 1.54) is 23.5 Å². The van der Waals surface area contributed by atoms with E-state index in [1.807, 2.05) is 43.7 Å². The van der Waals surface area contributed by atoms with Gasteiger partial charge in [0.15, 0.2) is 4.80 Å². The Bertz CT molecular complexity index is 968. The fraction of sp³-hybridized carbons (Fsp3) is 0.158. The van der Waals surface area contributed by atoms with Crippen LogP contribution in [0.3, 0.4) is 0 Å². The second-order valence-corrected chi connectivity index (χ2v) is 6.82.